The predicted molar refractivity (Wildman–Crippen MR) is 90.5 cm³/mol. The SMILES string of the molecule is C[C@@H](NC(=O)c1ccoc1)C(=O)N1CCC[C@@H]1Cc1cccc(F)c1. The molecule has 0 radical (unpaired) electrons. The van der Waals surface area contributed by atoms with E-state index in [0.29, 0.717) is 18.5 Å². The van der Waals surface area contributed by atoms with Crippen molar-refractivity contribution < 1.29 is 18.4 Å². The fourth-order valence-corrected chi connectivity index (χ4v) is 3.26. The lowest BCUT2D eigenvalue weighted by Crippen LogP contribution is -2.49. The number of likely N-dealkylation sites (tertiary alicyclic amines) is 1. The Morgan fingerprint density at radius 2 is 2.24 bits per heavy atom. The van der Waals surface area contributed by atoms with Crippen LogP contribution in [0.5, 0.6) is 0 Å². The van der Waals surface area contributed by atoms with Gasteiger partial charge in [0.1, 0.15) is 18.1 Å². The lowest BCUT2D eigenvalue weighted by Gasteiger charge is -2.28. The normalized spacial score (nSPS) is 18.2. The summed E-state index contributed by atoms with van der Waals surface area (Å²) < 4.78 is 18.3. The zero-order valence-electron chi connectivity index (χ0n) is 14.1. The monoisotopic (exact) mass is 344 g/mol. The summed E-state index contributed by atoms with van der Waals surface area (Å²) in [7, 11) is 0. The number of furan rings is 1. The van der Waals surface area contributed by atoms with Crippen LogP contribution in [0.15, 0.2) is 47.3 Å². The first kappa shape index (κ1) is 17.2. The highest BCUT2D eigenvalue weighted by Gasteiger charge is 2.32. The molecule has 0 aliphatic carbocycles. The minimum absolute atomic E-state index is 0.0302. The van der Waals surface area contributed by atoms with Gasteiger partial charge in [0.05, 0.1) is 11.8 Å². The molecular weight excluding hydrogens is 323 g/mol. The molecule has 1 aliphatic rings. The molecule has 2 amide bonds. The highest BCUT2D eigenvalue weighted by molar-refractivity contribution is 5.97. The van der Waals surface area contributed by atoms with Crippen LogP contribution in [0, 0.1) is 5.82 Å². The molecule has 3 rings (SSSR count). The number of nitrogens with one attached hydrogen (secondary N) is 1. The third-order valence-electron chi connectivity index (χ3n) is 4.52. The van der Waals surface area contributed by atoms with E-state index >= 15 is 0 Å². The third-order valence-corrected chi connectivity index (χ3v) is 4.52. The predicted octanol–water partition coefficient (Wildman–Crippen LogP) is 2.77. The number of benzene rings is 1. The van der Waals surface area contributed by atoms with Gasteiger partial charge in [0.2, 0.25) is 5.91 Å². The van der Waals surface area contributed by atoms with Crippen LogP contribution in [0.3, 0.4) is 0 Å². The summed E-state index contributed by atoms with van der Waals surface area (Å²) in [5.41, 5.74) is 1.26. The largest absolute Gasteiger partial charge is 0.472 e. The molecular formula is C19H21FN2O3. The second-order valence-electron chi connectivity index (χ2n) is 6.37. The first-order chi connectivity index (χ1) is 12.0. The van der Waals surface area contributed by atoms with Gasteiger partial charge in [-0.05, 0) is 49.9 Å². The Bertz CT molecular complexity index is 745. The summed E-state index contributed by atoms with van der Waals surface area (Å²) in [5.74, 6) is -0.722. The van der Waals surface area contributed by atoms with Crippen LogP contribution in [0.1, 0.15) is 35.7 Å². The zero-order chi connectivity index (χ0) is 17.8. The average molecular weight is 344 g/mol. The Morgan fingerprint density at radius 1 is 1.40 bits per heavy atom. The van der Waals surface area contributed by atoms with E-state index < -0.39 is 6.04 Å². The van der Waals surface area contributed by atoms with Crippen molar-refractivity contribution in [2.75, 3.05) is 6.54 Å². The summed E-state index contributed by atoms with van der Waals surface area (Å²) in [6, 6.07) is 7.42. The van der Waals surface area contributed by atoms with Crippen LogP contribution in [0.2, 0.25) is 0 Å². The molecule has 1 N–H and O–H groups in total. The highest BCUT2D eigenvalue weighted by Crippen LogP contribution is 2.22. The van der Waals surface area contributed by atoms with Crippen LogP contribution in [0.25, 0.3) is 0 Å². The molecule has 0 bridgehead atoms. The van der Waals surface area contributed by atoms with Gasteiger partial charge in [0, 0.05) is 12.6 Å². The summed E-state index contributed by atoms with van der Waals surface area (Å²) >= 11 is 0. The molecule has 1 aromatic heterocycles. The number of amides is 2. The number of hydrogen-bond donors (Lipinski definition) is 1. The Labute approximate surface area is 145 Å². The number of nitrogens with zero attached hydrogens (tertiary/aromatic N) is 1. The number of carbonyl (C=O) groups is 2. The van der Waals surface area contributed by atoms with E-state index in [4.69, 9.17) is 4.42 Å². The van der Waals surface area contributed by atoms with Gasteiger partial charge in [0.15, 0.2) is 0 Å². The molecule has 2 aromatic rings. The van der Waals surface area contributed by atoms with E-state index in [1.807, 2.05) is 6.07 Å². The molecule has 1 aromatic carbocycles. The van der Waals surface area contributed by atoms with E-state index in [2.05, 4.69) is 5.32 Å². The molecule has 1 aliphatic heterocycles. The standard InChI is InChI=1S/C19H21FN2O3/c1-13(21-18(23)15-7-9-25-12-15)19(24)22-8-3-6-17(22)11-14-4-2-5-16(20)10-14/h2,4-5,7,9-10,12-13,17H,3,6,8,11H2,1H3,(H,21,23)/t13-,17-/m1/s1. The van der Waals surface area contributed by atoms with E-state index in [9.17, 15) is 14.0 Å². The summed E-state index contributed by atoms with van der Waals surface area (Å²) in [4.78, 5) is 26.6. The van der Waals surface area contributed by atoms with Crippen molar-refractivity contribution in [1.82, 2.24) is 10.2 Å². The van der Waals surface area contributed by atoms with Gasteiger partial charge in [-0.3, -0.25) is 9.59 Å². The van der Waals surface area contributed by atoms with Crippen LogP contribution < -0.4 is 5.32 Å². The maximum Gasteiger partial charge on any atom is 0.255 e. The third kappa shape index (κ3) is 4.07. The molecule has 25 heavy (non-hydrogen) atoms. The van der Waals surface area contributed by atoms with Gasteiger partial charge in [-0.2, -0.15) is 0 Å². The zero-order valence-corrected chi connectivity index (χ0v) is 14.1. The quantitative estimate of drug-likeness (QED) is 0.907. The van der Waals surface area contributed by atoms with Gasteiger partial charge in [-0.1, -0.05) is 12.1 Å². The Balaban J connectivity index is 1.62. The maximum atomic E-state index is 13.4. The van der Waals surface area contributed by atoms with Crippen molar-refractivity contribution >= 4 is 11.8 Å². The minimum atomic E-state index is -0.629. The smallest absolute Gasteiger partial charge is 0.255 e. The van der Waals surface area contributed by atoms with Crippen molar-refractivity contribution in [3.05, 3.63) is 59.8 Å². The molecule has 0 unspecified atom stereocenters. The molecule has 1 fully saturated rings. The Morgan fingerprint density at radius 3 is 2.96 bits per heavy atom. The lowest BCUT2D eigenvalue weighted by molar-refractivity contribution is -0.133. The minimum Gasteiger partial charge on any atom is -0.472 e. The van der Waals surface area contributed by atoms with Crippen LogP contribution in [-0.4, -0.2) is 35.3 Å². The van der Waals surface area contributed by atoms with Gasteiger partial charge in [-0.15, -0.1) is 0 Å². The fraction of sp³-hybridized carbons (Fsp3) is 0.368. The molecule has 0 saturated carbocycles. The van der Waals surface area contributed by atoms with Gasteiger partial charge in [-0.25, -0.2) is 4.39 Å². The topological polar surface area (TPSA) is 62.6 Å². The number of halogens is 1. The summed E-state index contributed by atoms with van der Waals surface area (Å²) in [6.07, 6.45) is 5.16. The van der Waals surface area contributed by atoms with Crippen molar-refractivity contribution in [3.63, 3.8) is 0 Å². The Hall–Kier alpha value is -2.63. The number of rotatable bonds is 5. The van der Waals surface area contributed by atoms with Crippen LogP contribution in [0.4, 0.5) is 4.39 Å². The molecule has 1 saturated heterocycles. The molecule has 6 heteroatoms. The summed E-state index contributed by atoms with van der Waals surface area (Å²) in [5, 5.41) is 2.70. The van der Waals surface area contributed by atoms with Crippen LogP contribution >= 0.6 is 0 Å². The lowest BCUT2D eigenvalue weighted by atomic mass is 10.0. The van der Waals surface area contributed by atoms with E-state index in [-0.39, 0.29) is 23.7 Å². The van der Waals surface area contributed by atoms with Crippen molar-refractivity contribution in [2.45, 2.75) is 38.3 Å². The average Bonchev–Trinajstić information content (AvgIpc) is 3.26. The summed E-state index contributed by atoms with van der Waals surface area (Å²) in [6.45, 7) is 2.34. The van der Waals surface area contributed by atoms with Crippen LogP contribution in [-0.2, 0) is 11.2 Å². The second-order valence-corrected chi connectivity index (χ2v) is 6.37. The van der Waals surface area contributed by atoms with Crippen molar-refractivity contribution in [2.24, 2.45) is 0 Å². The molecule has 2 atom stereocenters. The second kappa shape index (κ2) is 7.51. The van der Waals surface area contributed by atoms with E-state index in [1.165, 1.54) is 24.7 Å². The first-order valence-corrected chi connectivity index (χ1v) is 8.42. The fourth-order valence-electron chi connectivity index (χ4n) is 3.26. The van der Waals surface area contributed by atoms with E-state index in [0.717, 1.165) is 18.4 Å². The van der Waals surface area contributed by atoms with Gasteiger partial charge in [0.25, 0.3) is 5.91 Å². The molecule has 0 spiro atoms. The van der Waals surface area contributed by atoms with Gasteiger partial charge < -0.3 is 14.6 Å². The number of carbonyl (C=O) groups excluding carboxylic acids is 2. The van der Waals surface area contributed by atoms with Crippen molar-refractivity contribution in [1.29, 1.82) is 0 Å². The van der Waals surface area contributed by atoms with E-state index in [1.54, 1.807) is 24.0 Å². The highest BCUT2D eigenvalue weighted by atomic mass is 19.1. The maximum absolute atomic E-state index is 13.4. The Kier molecular flexibility index (Phi) is 5.16. The van der Waals surface area contributed by atoms with Gasteiger partial charge >= 0.3 is 0 Å². The van der Waals surface area contributed by atoms with Crippen molar-refractivity contribution in [3.8, 4) is 0 Å². The first-order valence-electron chi connectivity index (χ1n) is 8.42. The number of hydrogen-bond acceptors (Lipinski definition) is 3. The molecule has 2 heterocycles. The molecule has 132 valence electrons. The molecule has 5 nitrogen and oxygen atoms in total.